The molecule has 2 fully saturated rings. The fourth-order valence-corrected chi connectivity index (χ4v) is 4.40. The van der Waals surface area contributed by atoms with Gasteiger partial charge in [-0.3, -0.25) is 4.99 Å². The van der Waals surface area contributed by atoms with Gasteiger partial charge in [0.15, 0.2) is 5.17 Å². The molecule has 0 amide bonds. The number of aliphatic hydroxyl groups is 2. The van der Waals surface area contributed by atoms with Gasteiger partial charge >= 0.3 is 0 Å². The van der Waals surface area contributed by atoms with E-state index in [0.29, 0.717) is 0 Å². The molecule has 0 aromatic rings. The first-order chi connectivity index (χ1) is 9.70. The minimum atomic E-state index is -0.815. The van der Waals surface area contributed by atoms with E-state index in [1.54, 1.807) is 11.8 Å². The quantitative estimate of drug-likeness (QED) is 0.819. The van der Waals surface area contributed by atoms with Gasteiger partial charge in [0, 0.05) is 13.1 Å². The fraction of sp³-hybridized carbons (Fsp3) is 0.929. The lowest BCUT2D eigenvalue weighted by atomic mass is 9.95. The first-order valence-electron chi connectivity index (χ1n) is 7.71. The molecule has 3 rings (SSSR count). The Morgan fingerprint density at radius 3 is 2.75 bits per heavy atom. The standard InChI is InChI=1S/C14H24N2O3S/c1-2-3-6-9-11(17)12(18)10-13(19-9)20-14(15-10)16-7-4-5-8-16/h9-13,17-18H,2-8H2,1H3/t9-,10-,11-,12-,13-/m1/s1. The lowest BCUT2D eigenvalue weighted by molar-refractivity contribution is -0.154. The van der Waals surface area contributed by atoms with E-state index in [0.717, 1.165) is 37.5 Å². The highest BCUT2D eigenvalue weighted by Gasteiger charge is 2.48. The van der Waals surface area contributed by atoms with Crippen LogP contribution in [0.1, 0.15) is 39.0 Å². The summed E-state index contributed by atoms with van der Waals surface area (Å²) in [5.74, 6) is 0. The first-order valence-corrected chi connectivity index (χ1v) is 8.59. The second kappa shape index (κ2) is 6.22. The Kier molecular flexibility index (Phi) is 4.55. The second-order valence-corrected chi connectivity index (χ2v) is 6.95. The number of ether oxygens (including phenoxy) is 1. The molecule has 0 aromatic heterocycles. The zero-order valence-corrected chi connectivity index (χ0v) is 12.8. The summed E-state index contributed by atoms with van der Waals surface area (Å²) in [5.41, 5.74) is -0.133. The van der Waals surface area contributed by atoms with Gasteiger partial charge < -0.3 is 19.8 Å². The molecule has 2 saturated heterocycles. The summed E-state index contributed by atoms with van der Waals surface area (Å²) < 4.78 is 6.00. The monoisotopic (exact) mass is 300 g/mol. The number of hydrogen-bond donors (Lipinski definition) is 2. The number of rotatable bonds is 3. The second-order valence-electron chi connectivity index (χ2n) is 5.88. The topological polar surface area (TPSA) is 65.3 Å². The maximum atomic E-state index is 10.3. The third-order valence-corrected chi connectivity index (χ3v) is 5.57. The molecule has 2 N–H and O–H groups in total. The van der Waals surface area contributed by atoms with E-state index < -0.39 is 12.2 Å². The molecule has 3 aliphatic heterocycles. The van der Waals surface area contributed by atoms with Gasteiger partial charge in [0.1, 0.15) is 23.7 Å². The number of aliphatic imine (C=N–C) groups is 1. The minimum Gasteiger partial charge on any atom is -0.388 e. The van der Waals surface area contributed by atoms with E-state index in [2.05, 4.69) is 16.8 Å². The van der Waals surface area contributed by atoms with Crippen LogP contribution in [0.15, 0.2) is 4.99 Å². The number of likely N-dealkylation sites (tertiary alicyclic amines) is 1. The number of nitrogens with zero attached hydrogens (tertiary/aromatic N) is 2. The van der Waals surface area contributed by atoms with Crippen molar-refractivity contribution < 1.29 is 14.9 Å². The molecule has 0 aromatic carbocycles. The van der Waals surface area contributed by atoms with Crippen LogP contribution in [0.5, 0.6) is 0 Å². The maximum absolute atomic E-state index is 10.3. The third-order valence-electron chi connectivity index (χ3n) is 4.37. The molecule has 5 atom stereocenters. The average Bonchev–Trinajstić information content (AvgIpc) is 3.09. The number of unbranched alkanes of at least 4 members (excludes halogenated alkanes) is 1. The molecule has 5 nitrogen and oxygen atoms in total. The van der Waals surface area contributed by atoms with Crippen molar-refractivity contribution in [2.24, 2.45) is 4.99 Å². The highest BCUT2D eigenvalue weighted by Crippen LogP contribution is 2.39. The van der Waals surface area contributed by atoms with Gasteiger partial charge in [0.05, 0.1) is 6.10 Å². The van der Waals surface area contributed by atoms with Crippen molar-refractivity contribution in [3.05, 3.63) is 0 Å². The summed E-state index contributed by atoms with van der Waals surface area (Å²) in [5, 5.41) is 21.5. The van der Waals surface area contributed by atoms with Gasteiger partial charge in [-0.1, -0.05) is 31.5 Å². The van der Waals surface area contributed by atoms with Crippen LogP contribution < -0.4 is 0 Å². The van der Waals surface area contributed by atoms with E-state index in [4.69, 9.17) is 4.74 Å². The van der Waals surface area contributed by atoms with Gasteiger partial charge in [-0.15, -0.1) is 0 Å². The summed E-state index contributed by atoms with van der Waals surface area (Å²) in [6.45, 7) is 4.21. The zero-order valence-electron chi connectivity index (χ0n) is 11.9. The molecule has 3 heterocycles. The van der Waals surface area contributed by atoms with Crippen LogP contribution in [-0.4, -0.2) is 63.2 Å². The van der Waals surface area contributed by atoms with Crippen LogP contribution in [0.4, 0.5) is 0 Å². The summed E-state index contributed by atoms with van der Waals surface area (Å²) in [6.07, 6.45) is 3.42. The van der Waals surface area contributed by atoms with Crippen molar-refractivity contribution in [1.82, 2.24) is 4.90 Å². The predicted octanol–water partition coefficient (Wildman–Crippen LogP) is 1.19. The minimum absolute atomic E-state index is 0.133. The number of hydrogen-bond acceptors (Lipinski definition) is 6. The summed E-state index contributed by atoms with van der Waals surface area (Å²) in [4.78, 5) is 6.88. The number of fused-ring (bicyclic) bond motifs is 1. The Labute approximate surface area is 124 Å². The Balaban J connectivity index is 1.67. The maximum Gasteiger partial charge on any atom is 0.162 e. The Bertz CT molecular complexity index is 373. The molecular formula is C14H24N2O3S. The summed E-state index contributed by atoms with van der Waals surface area (Å²) >= 11 is 1.62. The molecule has 3 aliphatic rings. The summed E-state index contributed by atoms with van der Waals surface area (Å²) in [6, 6.07) is -0.316. The number of aliphatic hydroxyl groups excluding tert-OH is 2. The van der Waals surface area contributed by atoms with Crippen molar-refractivity contribution in [3.8, 4) is 0 Å². The van der Waals surface area contributed by atoms with Crippen LogP contribution in [0, 0.1) is 0 Å². The average molecular weight is 300 g/mol. The Morgan fingerprint density at radius 2 is 2.05 bits per heavy atom. The molecule has 0 radical (unpaired) electrons. The van der Waals surface area contributed by atoms with Gasteiger partial charge in [0.25, 0.3) is 0 Å². The highest BCUT2D eigenvalue weighted by atomic mass is 32.2. The number of amidine groups is 1. The van der Waals surface area contributed by atoms with Crippen molar-refractivity contribution >= 4 is 16.9 Å². The van der Waals surface area contributed by atoms with Crippen LogP contribution >= 0.6 is 11.8 Å². The molecule has 20 heavy (non-hydrogen) atoms. The third kappa shape index (κ3) is 2.71. The van der Waals surface area contributed by atoms with Crippen LogP contribution in [0.3, 0.4) is 0 Å². The van der Waals surface area contributed by atoms with Crippen molar-refractivity contribution in [1.29, 1.82) is 0 Å². The number of thioether (sulfide) groups is 1. The highest BCUT2D eigenvalue weighted by molar-refractivity contribution is 8.14. The predicted molar refractivity (Wildman–Crippen MR) is 79.8 cm³/mol. The van der Waals surface area contributed by atoms with E-state index in [1.807, 2.05) is 0 Å². The molecule has 6 heteroatoms. The molecule has 0 unspecified atom stereocenters. The molecule has 0 bridgehead atoms. The lowest BCUT2D eigenvalue weighted by Gasteiger charge is -2.38. The molecule has 114 valence electrons. The smallest absolute Gasteiger partial charge is 0.162 e. The SMILES string of the molecule is CCCC[C@H]1O[C@@H]2SC(N3CCCC3)=N[C@@H]2[C@@H](O)[C@@H]1O. The molecule has 0 saturated carbocycles. The van der Waals surface area contributed by atoms with Crippen molar-refractivity contribution in [2.75, 3.05) is 13.1 Å². The van der Waals surface area contributed by atoms with Crippen LogP contribution in [0.25, 0.3) is 0 Å². The first kappa shape index (κ1) is 14.6. The van der Waals surface area contributed by atoms with Gasteiger partial charge in [-0.25, -0.2) is 0 Å². The summed E-state index contributed by atoms with van der Waals surface area (Å²) in [7, 11) is 0. The fourth-order valence-electron chi connectivity index (χ4n) is 3.12. The van der Waals surface area contributed by atoms with E-state index in [9.17, 15) is 10.2 Å². The van der Waals surface area contributed by atoms with Gasteiger partial charge in [-0.05, 0) is 19.3 Å². The van der Waals surface area contributed by atoms with E-state index in [1.165, 1.54) is 12.8 Å². The molecular weight excluding hydrogens is 276 g/mol. The van der Waals surface area contributed by atoms with Crippen LogP contribution in [-0.2, 0) is 4.74 Å². The van der Waals surface area contributed by atoms with Crippen molar-refractivity contribution in [2.45, 2.75) is 68.8 Å². The van der Waals surface area contributed by atoms with Gasteiger partial charge in [0.2, 0.25) is 0 Å². The normalized spacial score (nSPS) is 40.9. The lowest BCUT2D eigenvalue weighted by Crippen LogP contribution is -2.54. The largest absolute Gasteiger partial charge is 0.388 e. The van der Waals surface area contributed by atoms with E-state index >= 15 is 0 Å². The van der Waals surface area contributed by atoms with Crippen LogP contribution in [0.2, 0.25) is 0 Å². The Hall–Kier alpha value is -0.300. The van der Waals surface area contributed by atoms with Crippen molar-refractivity contribution in [3.63, 3.8) is 0 Å². The van der Waals surface area contributed by atoms with E-state index in [-0.39, 0.29) is 17.6 Å². The zero-order chi connectivity index (χ0) is 14.1. The Morgan fingerprint density at radius 1 is 1.30 bits per heavy atom. The molecule has 0 spiro atoms. The van der Waals surface area contributed by atoms with Gasteiger partial charge in [-0.2, -0.15) is 0 Å². The molecule has 0 aliphatic carbocycles.